The van der Waals surface area contributed by atoms with Crippen molar-refractivity contribution in [3.63, 3.8) is 0 Å². The zero-order valence-corrected chi connectivity index (χ0v) is 18.2. The van der Waals surface area contributed by atoms with Crippen LogP contribution in [0.15, 0.2) is 36.4 Å². The van der Waals surface area contributed by atoms with Crippen molar-refractivity contribution >= 4 is 29.0 Å². The molecule has 1 aromatic heterocycles. The molecule has 31 heavy (non-hydrogen) atoms. The highest BCUT2D eigenvalue weighted by Crippen LogP contribution is 2.23. The SMILES string of the molecule is CC(NC(=O)OC(C)(C)C)c1ccc2ccc(C=CC3(C(=O)O)COCCO3)cc2n1. The third kappa shape index (κ3) is 5.80. The zero-order valence-electron chi connectivity index (χ0n) is 18.2. The van der Waals surface area contributed by atoms with Crippen molar-refractivity contribution in [2.24, 2.45) is 0 Å². The van der Waals surface area contributed by atoms with E-state index in [1.165, 1.54) is 6.08 Å². The molecule has 2 aromatic rings. The monoisotopic (exact) mass is 428 g/mol. The van der Waals surface area contributed by atoms with Crippen molar-refractivity contribution in [3.05, 3.63) is 47.7 Å². The van der Waals surface area contributed by atoms with E-state index in [1.54, 1.807) is 26.8 Å². The van der Waals surface area contributed by atoms with Crippen molar-refractivity contribution in [2.75, 3.05) is 19.8 Å². The molecule has 1 aliphatic heterocycles. The van der Waals surface area contributed by atoms with Crippen LogP contribution in [-0.4, -0.2) is 53.2 Å². The van der Waals surface area contributed by atoms with Crippen LogP contribution in [0.4, 0.5) is 4.79 Å². The van der Waals surface area contributed by atoms with E-state index in [9.17, 15) is 14.7 Å². The number of hydrogen-bond donors (Lipinski definition) is 2. The molecule has 8 nitrogen and oxygen atoms in total. The number of aliphatic carboxylic acids is 1. The number of fused-ring (bicyclic) bond motifs is 1. The van der Waals surface area contributed by atoms with Crippen molar-refractivity contribution in [1.29, 1.82) is 0 Å². The maximum atomic E-state index is 12.0. The summed E-state index contributed by atoms with van der Waals surface area (Å²) in [6.45, 7) is 7.81. The van der Waals surface area contributed by atoms with Gasteiger partial charge in [0.2, 0.25) is 5.60 Å². The Bertz CT molecular complexity index is 989. The quantitative estimate of drug-likeness (QED) is 0.748. The van der Waals surface area contributed by atoms with Crippen LogP contribution in [0.1, 0.15) is 45.0 Å². The maximum absolute atomic E-state index is 12.0. The summed E-state index contributed by atoms with van der Waals surface area (Å²) in [5.74, 6) is -1.09. The van der Waals surface area contributed by atoms with Gasteiger partial charge in [-0.2, -0.15) is 0 Å². The second-order valence-corrected chi connectivity index (χ2v) is 8.49. The molecule has 1 saturated heterocycles. The Morgan fingerprint density at radius 3 is 2.65 bits per heavy atom. The third-order valence-corrected chi connectivity index (χ3v) is 4.73. The van der Waals surface area contributed by atoms with Crippen LogP contribution in [0.2, 0.25) is 0 Å². The number of amides is 1. The van der Waals surface area contributed by atoms with Crippen LogP contribution in [0.25, 0.3) is 17.0 Å². The highest BCUT2D eigenvalue weighted by atomic mass is 16.6. The number of benzene rings is 1. The Balaban J connectivity index is 1.80. The Hall–Kier alpha value is -2.97. The molecule has 2 N–H and O–H groups in total. The van der Waals surface area contributed by atoms with E-state index in [4.69, 9.17) is 14.2 Å². The summed E-state index contributed by atoms with van der Waals surface area (Å²) in [6.07, 6.45) is 2.69. The largest absolute Gasteiger partial charge is 0.479 e. The number of carbonyl (C=O) groups excluding carboxylic acids is 1. The molecule has 2 heterocycles. The molecule has 0 spiro atoms. The summed E-state index contributed by atoms with van der Waals surface area (Å²) < 4.78 is 16.1. The van der Waals surface area contributed by atoms with Gasteiger partial charge in [0.25, 0.3) is 0 Å². The second-order valence-electron chi connectivity index (χ2n) is 8.49. The number of pyridine rings is 1. The molecule has 8 heteroatoms. The standard InChI is InChI=1S/C23H28N2O6/c1-15(24-21(28)31-22(2,3)4)18-8-7-17-6-5-16(13-19(17)25-18)9-10-23(20(26)27)14-29-11-12-30-23/h5-10,13,15H,11-12,14H2,1-4H3,(H,24,28)(H,26,27). The lowest BCUT2D eigenvalue weighted by atomic mass is 10.0. The van der Waals surface area contributed by atoms with Gasteiger partial charge >= 0.3 is 12.1 Å². The highest BCUT2D eigenvalue weighted by Gasteiger charge is 2.39. The minimum atomic E-state index is -1.49. The van der Waals surface area contributed by atoms with Gasteiger partial charge in [0, 0.05) is 5.39 Å². The molecule has 1 aliphatic rings. The third-order valence-electron chi connectivity index (χ3n) is 4.73. The van der Waals surface area contributed by atoms with Crippen LogP contribution < -0.4 is 5.32 Å². The molecular weight excluding hydrogens is 400 g/mol. The van der Waals surface area contributed by atoms with Gasteiger partial charge in [0.15, 0.2) is 0 Å². The first-order chi connectivity index (χ1) is 14.6. The van der Waals surface area contributed by atoms with Gasteiger partial charge in [-0.25, -0.2) is 9.59 Å². The van der Waals surface area contributed by atoms with E-state index in [0.29, 0.717) is 12.3 Å². The van der Waals surface area contributed by atoms with Crippen molar-refractivity contribution in [1.82, 2.24) is 10.3 Å². The van der Waals surface area contributed by atoms with Gasteiger partial charge in [-0.05, 0) is 51.5 Å². The number of nitrogens with zero attached hydrogens (tertiary/aromatic N) is 1. The predicted molar refractivity (Wildman–Crippen MR) is 116 cm³/mol. The van der Waals surface area contributed by atoms with Crippen LogP contribution in [-0.2, 0) is 19.0 Å². The predicted octanol–water partition coefficient (Wildman–Crippen LogP) is 3.70. The molecule has 1 fully saturated rings. The number of ether oxygens (including phenoxy) is 3. The van der Waals surface area contributed by atoms with Crippen LogP contribution in [0.5, 0.6) is 0 Å². The molecule has 166 valence electrons. The fraction of sp³-hybridized carbons (Fsp3) is 0.435. The number of rotatable bonds is 5. The molecule has 1 aromatic carbocycles. The van der Waals surface area contributed by atoms with Crippen molar-refractivity contribution < 1.29 is 28.9 Å². The molecule has 0 saturated carbocycles. The van der Waals surface area contributed by atoms with Gasteiger partial charge in [-0.3, -0.25) is 4.98 Å². The fourth-order valence-electron chi connectivity index (χ4n) is 3.12. The Kier molecular flexibility index (Phi) is 6.62. The normalized spacial score (nSPS) is 20.5. The Morgan fingerprint density at radius 1 is 1.26 bits per heavy atom. The van der Waals surface area contributed by atoms with E-state index in [2.05, 4.69) is 10.3 Å². The van der Waals surface area contributed by atoms with Gasteiger partial charge in [0.1, 0.15) is 5.60 Å². The van der Waals surface area contributed by atoms with Gasteiger partial charge in [-0.1, -0.05) is 24.3 Å². The smallest absolute Gasteiger partial charge is 0.408 e. The fourth-order valence-corrected chi connectivity index (χ4v) is 3.12. The lowest BCUT2D eigenvalue weighted by Crippen LogP contribution is -2.48. The first-order valence-corrected chi connectivity index (χ1v) is 10.1. The lowest BCUT2D eigenvalue weighted by molar-refractivity contribution is -0.181. The summed E-state index contributed by atoms with van der Waals surface area (Å²) in [7, 11) is 0. The molecule has 0 aliphatic carbocycles. The number of carbonyl (C=O) groups is 2. The summed E-state index contributed by atoms with van der Waals surface area (Å²) >= 11 is 0. The van der Waals surface area contributed by atoms with Gasteiger partial charge < -0.3 is 24.6 Å². The first-order valence-electron chi connectivity index (χ1n) is 10.1. The molecular formula is C23H28N2O6. The highest BCUT2D eigenvalue weighted by molar-refractivity contribution is 5.84. The van der Waals surface area contributed by atoms with Crippen molar-refractivity contribution in [2.45, 2.75) is 44.9 Å². The Morgan fingerprint density at radius 2 is 2.00 bits per heavy atom. The maximum Gasteiger partial charge on any atom is 0.408 e. The molecule has 0 radical (unpaired) electrons. The number of hydrogen-bond acceptors (Lipinski definition) is 6. The number of alkyl carbamates (subject to hydrolysis) is 1. The molecule has 2 atom stereocenters. The second kappa shape index (κ2) is 9.03. The molecule has 1 amide bonds. The van der Waals surface area contributed by atoms with Gasteiger partial charge in [-0.15, -0.1) is 0 Å². The topological polar surface area (TPSA) is 107 Å². The molecule has 2 unspecified atom stereocenters. The average molecular weight is 428 g/mol. The molecule has 0 bridgehead atoms. The number of nitrogens with one attached hydrogen (secondary N) is 1. The van der Waals surface area contributed by atoms with E-state index < -0.39 is 23.3 Å². The van der Waals surface area contributed by atoms with E-state index >= 15 is 0 Å². The summed E-state index contributed by atoms with van der Waals surface area (Å²) in [5.41, 5.74) is 0.115. The van der Waals surface area contributed by atoms with E-state index in [-0.39, 0.29) is 19.3 Å². The summed E-state index contributed by atoms with van der Waals surface area (Å²) in [6, 6.07) is 9.07. The van der Waals surface area contributed by atoms with E-state index in [1.807, 2.05) is 37.3 Å². The molecule has 3 rings (SSSR count). The number of aromatic nitrogens is 1. The lowest BCUT2D eigenvalue weighted by Gasteiger charge is -2.30. The summed E-state index contributed by atoms with van der Waals surface area (Å²) in [5, 5.41) is 13.3. The minimum absolute atomic E-state index is 0.0390. The minimum Gasteiger partial charge on any atom is -0.479 e. The van der Waals surface area contributed by atoms with Crippen LogP contribution >= 0.6 is 0 Å². The van der Waals surface area contributed by atoms with E-state index in [0.717, 1.165) is 16.5 Å². The average Bonchev–Trinajstić information content (AvgIpc) is 2.70. The van der Waals surface area contributed by atoms with Crippen LogP contribution in [0, 0.1) is 0 Å². The van der Waals surface area contributed by atoms with Gasteiger partial charge in [0.05, 0.1) is 37.1 Å². The number of carboxylic acids is 1. The Labute approximate surface area is 181 Å². The van der Waals surface area contributed by atoms with Crippen LogP contribution in [0.3, 0.4) is 0 Å². The van der Waals surface area contributed by atoms with Crippen molar-refractivity contribution in [3.8, 4) is 0 Å². The summed E-state index contributed by atoms with van der Waals surface area (Å²) in [4.78, 5) is 28.4. The zero-order chi connectivity index (χ0) is 22.6. The number of carboxylic acid groups (broad SMARTS) is 1. The first kappa shape index (κ1) is 22.7.